The molecule has 28 heavy (non-hydrogen) atoms. The number of hydrogen-bond acceptors (Lipinski definition) is 4. The molecular weight excluding hydrogens is 357 g/mol. The van der Waals surface area contributed by atoms with Crippen molar-refractivity contribution in [1.82, 2.24) is 15.1 Å². The highest BCUT2D eigenvalue weighted by Gasteiger charge is 2.28. The van der Waals surface area contributed by atoms with E-state index in [1.54, 1.807) is 26.4 Å². The van der Waals surface area contributed by atoms with E-state index in [2.05, 4.69) is 21.2 Å². The summed E-state index contributed by atoms with van der Waals surface area (Å²) in [6, 6.07) is 12.6. The number of para-hydroxylation sites is 1. The Bertz CT molecular complexity index is 939. The maximum absolute atomic E-state index is 13.2. The molecule has 0 saturated carbocycles. The van der Waals surface area contributed by atoms with Gasteiger partial charge < -0.3 is 9.47 Å². The minimum atomic E-state index is -0.237. The molecule has 0 bridgehead atoms. The Labute approximate surface area is 164 Å². The molecule has 6 heteroatoms. The third-order valence-corrected chi connectivity index (χ3v) is 5.39. The first-order valence-electron chi connectivity index (χ1n) is 9.41. The van der Waals surface area contributed by atoms with Gasteiger partial charge in [-0.2, -0.15) is 5.10 Å². The van der Waals surface area contributed by atoms with Gasteiger partial charge in [0.1, 0.15) is 5.82 Å². The fraction of sp³-hybridized carbons (Fsp3) is 0.318. The zero-order valence-electron chi connectivity index (χ0n) is 16.1. The van der Waals surface area contributed by atoms with Crippen LogP contribution in [0, 0.1) is 5.82 Å². The Balaban J connectivity index is 1.50. The summed E-state index contributed by atoms with van der Waals surface area (Å²) in [5.74, 6) is 1.75. The zero-order chi connectivity index (χ0) is 19.5. The Morgan fingerprint density at radius 1 is 1.14 bits per heavy atom. The summed E-state index contributed by atoms with van der Waals surface area (Å²) in [6.45, 7) is 2.74. The summed E-state index contributed by atoms with van der Waals surface area (Å²) in [6.07, 6.45) is 2.92. The van der Waals surface area contributed by atoms with Crippen LogP contribution in [0.15, 0.2) is 48.7 Å². The SMILES string of the molecule is COc1cccc(C2CCN(Cc3cn[nH]c3-c3ccc(F)cc3)C2)c1OC. The lowest BCUT2D eigenvalue weighted by Crippen LogP contribution is -2.20. The Hall–Kier alpha value is -2.86. The van der Waals surface area contributed by atoms with Crippen molar-refractivity contribution in [1.29, 1.82) is 0 Å². The van der Waals surface area contributed by atoms with E-state index in [9.17, 15) is 4.39 Å². The number of aromatic nitrogens is 2. The standard InChI is InChI=1S/C22H24FN3O2/c1-27-20-5-3-4-19(22(20)28-2)16-10-11-26(13-16)14-17-12-24-25-21(17)15-6-8-18(23)9-7-15/h3-9,12,16H,10-11,13-14H2,1-2H3,(H,24,25). The lowest BCUT2D eigenvalue weighted by Gasteiger charge is -2.19. The number of H-pyrrole nitrogens is 1. The van der Waals surface area contributed by atoms with E-state index in [1.807, 2.05) is 18.3 Å². The number of methoxy groups -OCH3 is 2. The average Bonchev–Trinajstić information content (AvgIpc) is 3.38. The molecule has 1 saturated heterocycles. The fourth-order valence-corrected chi connectivity index (χ4v) is 4.00. The highest BCUT2D eigenvalue weighted by atomic mass is 19.1. The normalized spacial score (nSPS) is 17.0. The second kappa shape index (κ2) is 8.02. The van der Waals surface area contributed by atoms with E-state index >= 15 is 0 Å². The van der Waals surface area contributed by atoms with E-state index in [1.165, 1.54) is 17.7 Å². The molecule has 0 radical (unpaired) electrons. The quantitative estimate of drug-likeness (QED) is 0.695. The van der Waals surface area contributed by atoms with Crippen LogP contribution >= 0.6 is 0 Å². The summed E-state index contributed by atoms with van der Waals surface area (Å²) >= 11 is 0. The van der Waals surface area contributed by atoms with Gasteiger partial charge in [0.2, 0.25) is 0 Å². The Kier molecular flexibility index (Phi) is 5.30. The number of likely N-dealkylation sites (tertiary alicyclic amines) is 1. The van der Waals surface area contributed by atoms with Crippen molar-refractivity contribution in [3.8, 4) is 22.8 Å². The molecule has 1 N–H and O–H groups in total. The highest BCUT2D eigenvalue weighted by Crippen LogP contribution is 2.39. The van der Waals surface area contributed by atoms with Crippen molar-refractivity contribution in [3.63, 3.8) is 0 Å². The third kappa shape index (κ3) is 3.60. The second-order valence-electron chi connectivity index (χ2n) is 7.08. The molecule has 2 aromatic carbocycles. The molecule has 5 nitrogen and oxygen atoms in total. The summed E-state index contributed by atoms with van der Waals surface area (Å²) in [5.41, 5.74) is 4.20. The molecule has 2 heterocycles. The molecule has 1 fully saturated rings. The van der Waals surface area contributed by atoms with Crippen LogP contribution in [-0.4, -0.2) is 42.4 Å². The molecule has 3 aromatic rings. The van der Waals surface area contributed by atoms with Crippen LogP contribution in [0.4, 0.5) is 4.39 Å². The fourth-order valence-electron chi connectivity index (χ4n) is 4.00. The summed E-state index contributed by atoms with van der Waals surface area (Å²) in [7, 11) is 3.35. The number of benzene rings is 2. The number of nitrogens with zero attached hydrogens (tertiary/aromatic N) is 2. The maximum Gasteiger partial charge on any atom is 0.164 e. The number of halogens is 1. The van der Waals surface area contributed by atoms with Crippen molar-refractivity contribution in [2.24, 2.45) is 0 Å². The number of rotatable bonds is 6. The first-order chi connectivity index (χ1) is 13.7. The topological polar surface area (TPSA) is 50.4 Å². The van der Waals surface area contributed by atoms with E-state index in [0.29, 0.717) is 5.92 Å². The van der Waals surface area contributed by atoms with Gasteiger partial charge in [0.05, 0.1) is 26.1 Å². The molecule has 1 atom stereocenters. The molecule has 1 aliphatic heterocycles. The third-order valence-electron chi connectivity index (χ3n) is 5.39. The van der Waals surface area contributed by atoms with Gasteiger partial charge in [-0.3, -0.25) is 10.00 Å². The first-order valence-corrected chi connectivity index (χ1v) is 9.41. The van der Waals surface area contributed by atoms with Gasteiger partial charge in [-0.05, 0) is 43.3 Å². The molecule has 1 aliphatic rings. The predicted molar refractivity (Wildman–Crippen MR) is 106 cm³/mol. The van der Waals surface area contributed by atoms with E-state index in [4.69, 9.17) is 9.47 Å². The van der Waals surface area contributed by atoms with Gasteiger partial charge in [0, 0.05) is 35.7 Å². The van der Waals surface area contributed by atoms with E-state index in [0.717, 1.165) is 54.4 Å². The molecule has 4 rings (SSSR count). The van der Waals surface area contributed by atoms with Crippen LogP contribution in [-0.2, 0) is 6.54 Å². The number of ether oxygens (including phenoxy) is 2. The number of hydrogen-bond donors (Lipinski definition) is 1. The van der Waals surface area contributed by atoms with Crippen molar-refractivity contribution in [2.45, 2.75) is 18.9 Å². The lowest BCUT2D eigenvalue weighted by molar-refractivity contribution is 0.323. The van der Waals surface area contributed by atoms with Gasteiger partial charge in [0.25, 0.3) is 0 Å². The Morgan fingerprint density at radius 3 is 2.71 bits per heavy atom. The molecule has 0 amide bonds. The van der Waals surface area contributed by atoms with Crippen LogP contribution in [0.2, 0.25) is 0 Å². The van der Waals surface area contributed by atoms with Crippen molar-refractivity contribution >= 4 is 0 Å². The van der Waals surface area contributed by atoms with Crippen LogP contribution in [0.3, 0.4) is 0 Å². The van der Waals surface area contributed by atoms with Gasteiger partial charge >= 0.3 is 0 Å². The van der Waals surface area contributed by atoms with Gasteiger partial charge in [-0.25, -0.2) is 4.39 Å². The minimum Gasteiger partial charge on any atom is -0.493 e. The summed E-state index contributed by atoms with van der Waals surface area (Å²) in [5, 5.41) is 7.26. The zero-order valence-corrected chi connectivity index (χ0v) is 16.1. The van der Waals surface area contributed by atoms with Crippen LogP contribution < -0.4 is 9.47 Å². The monoisotopic (exact) mass is 381 g/mol. The summed E-state index contributed by atoms with van der Waals surface area (Å²) in [4.78, 5) is 2.42. The largest absolute Gasteiger partial charge is 0.493 e. The van der Waals surface area contributed by atoms with Crippen molar-refractivity contribution < 1.29 is 13.9 Å². The molecule has 1 unspecified atom stereocenters. The van der Waals surface area contributed by atoms with E-state index < -0.39 is 0 Å². The minimum absolute atomic E-state index is 0.237. The number of nitrogens with one attached hydrogen (secondary N) is 1. The molecular formula is C22H24FN3O2. The van der Waals surface area contributed by atoms with Gasteiger partial charge in [0.15, 0.2) is 11.5 Å². The molecule has 0 spiro atoms. The Morgan fingerprint density at radius 2 is 1.96 bits per heavy atom. The van der Waals surface area contributed by atoms with Crippen LogP contribution in [0.1, 0.15) is 23.5 Å². The van der Waals surface area contributed by atoms with Crippen molar-refractivity contribution in [3.05, 3.63) is 65.6 Å². The van der Waals surface area contributed by atoms with Crippen LogP contribution in [0.5, 0.6) is 11.5 Å². The number of aromatic amines is 1. The van der Waals surface area contributed by atoms with Crippen molar-refractivity contribution in [2.75, 3.05) is 27.3 Å². The summed E-state index contributed by atoms with van der Waals surface area (Å²) < 4.78 is 24.3. The lowest BCUT2D eigenvalue weighted by atomic mass is 9.97. The highest BCUT2D eigenvalue weighted by molar-refractivity contribution is 5.62. The van der Waals surface area contributed by atoms with Gasteiger partial charge in [-0.15, -0.1) is 0 Å². The maximum atomic E-state index is 13.2. The average molecular weight is 381 g/mol. The second-order valence-corrected chi connectivity index (χ2v) is 7.08. The predicted octanol–water partition coefficient (Wildman–Crippen LogP) is 4.22. The smallest absolute Gasteiger partial charge is 0.164 e. The molecule has 1 aromatic heterocycles. The van der Waals surface area contributed by atoms with E-state index in [-0.39, 0.29) is 5.82 Å². The molecule has 146 valence electrons. The van der Waals surface area contributed by atoms with Gasteiger partial charge in [-0.1, -0.05) is 12.1 Å². The first kappa shape index (κ1) is 18.5. The van der Waals surface area contributed by atoms with Crippen LogP contribution in [0.25, 0.3) is 11.3 Å². The molecule has 0 aliphatic carbocycles.